The summed E-state index contributed by atoms with van der Waals surface area (Å²) in [5, 5.41) is 11.7. The first-order valence-corrected chi connectivity index (χ1v) is 14.5. The number of amides is 1. The van der Waals surface area contributed by atoms with Gasteiger partial charge in [0.05, 0.1) is 10.1 Å². The molecule has 1 saturated carbocycles. The maximum absolute atomic E-state index is 13.1. The Morgan fingerprint density at radius 2 is 1.85 bits per heavy atom. The van der Waals surface area contributed by atoms with Crippen molar-refractivity contribution >= 4 is 29.1 Å². The Hall–Kier alpha value is -3.34. The molecule has 1 atom stereocenters. The van der Waals surface area contributed by atoms with Crippen molar-refractivity contribution in [1.82, 2.24) is 4.90 Å². The molecular weight excluding hydrogens is 515 g/mol. The van der Waals surface area contributed by atoms with Gasteiger partial charge >= 0.3 is 7.69 Å². The Morgan fingerprint density at radius 3 is 2.51 bits per heavy atom. The second-order valence-electron chi connectivity index (χ2n) is 10.2. The van der Waals surface area contributed by atoms with Crippen LogP contribution in [0.25, 0.3) is 0 Å². The zero-order valence-corrected chi connectivity index (χ0v) is 23.3. The summed E-state index contributed by atoms with van der Waals surface area (Å²) in [6, 6.07) is 20.0. The molecular formula is C29H34BN2O6S. The Kier molecular flexibility index (Phi) is 9.32. The van der Waals surface area contributed by atoms with E-state index in [-0.39, 0.29) is 23.5 Å². The average Bonchev–Trinajstić information content (AvgIpc) is 3.75. The van der Waals surface area contributed by atoms with Gasteiger partial charge in [0.2, 0.25) is 5.91 Å². The number of carbonyl (C=O) groups is 1. The number of anilines is 1. The van der Waals surface area contributed by atoms with Gasteiger partial charge in [-0.3, -0.25) is 4.79 Å². The Labute approximate surface area is 231 Å². The zero-order valence-electron chi connectivity index (χ0n) is 22.5. The van der Waals surface area contributed by atoms with E-state index in [1.54, 1.807) is 36.4 Å². The van der Waals surface area contributed by atoms with E-state index in [4.69, 9.17) is 14.4 Å². The molecule has 3 aromatic rings. The second-order valence-corrected chi connectivity index (χ2v) is 12.4. The molecule has 205 valence electrons. The summed E-state index contributed by atoms with van der Waals surface area (Å²) in [7, 11) is 1.00. The van der Waals surface area contributed by atoms with Crippen LogP contribution in [0.2, 0.25) is 0 Å². The first kappa shape index (κ1) is 28.7. The Balaban J connectivity index is 1.49. The monoisotopic (exact) mass is 549 g/mol. The zero-order chi connectivity index (χ0) is 28.0. The summed E-state index contributed by atoms with van der Waals surface area (Å²) >= 11 is 0. The molecule has 4 rings (SSSR count). The average molecular weight is 549 g/mol. The molecule has 0 spiro atoms. The summed E-state index contributed by atoms with van der Waals surface area (Å²) in [4.78, 5) is 15.3. The van der Waals surface area contributed by atoms with Crippen molar-refractivity contribution < 1.29 is 27.6 Å². The Bertz CT molecular complexity index is 1390. The SMILES string of the molecule is C[C@H](CC(=O)Nc1ccc(S(=O)(=O)C2CC2)c(CN(C)C)c1)c1cc(O[B]O)ccc1OCc1ccccc1. The van der Waals surface area contributed by atoms with Gasteiger partial charge in [-0.2, -0.15) is 0 Å². The number of rotatable bonds is 13. The van der Waals surface area contributed by atoms with E-state index in [0.29, 0.717) is 61.3 Å². The molecule has 3 aromatic carbocycles. The summed E-state index contributed by atoms with van der Waals surface area (Å²) in [6.07, 6.45) is 1.54. The molecule has 1 fully saturated rings. The van der Waals surface area contributed by atoms with Crippen LogP contribution in [-0.4, -0.2) is 51.3 Å². The van der Waals surface area contributed by atoms with Gasteiger partial charge in [0.25, 0.3) is 0 Å². The third-order valence-electron chi connectivity index (χ3n) is 6.53. The maximum Gasteiger partial charge on any atom is 0.569 e. The van der Waals surface area contributed by atoms with E-state index in [9.17, 15) is 13.2 Å². The highest BCUT2D eigenvalue weighted by atomic mass is 32.2. The van der Waals surface area contributed by atoms with Crippen LogP contribution >= 0.6 is 0 Å². The standard InChI is InChI=1S/C29H34BN2O6S/c1-20(26-17-24(38-30-34)10-13-27(26)37-19-21-7-5-4-6-8-21)15-29(33)31-23-9-14-28(22(16-23)18-32(2)3)39(35,36)25-11-12-25/h4-10,13-14,16-17,20,25,34H,11-12,15,18-19H2,1-3H3,(H,31,33)/t20-/m1/s1. The van der Waals surface area contributed by atoms with Crippen LogP contribution in [0, 0.1) is 0 Å². The smallest absolute Gasteiger partial charge is 0.537 e. The fraction of sp³-hybridized carbons (Fsp3) is 0.345. The number of sulfone groups is 1. The number of ether oxygens (including phenoxy) is 1. The summed E-state index contributed by atoms with van der Waals surface area (Å²) in [5.41, 5.74) is 2.99. The van der Waals surface area contributed by atoms with Gasteiger partial charge in [0, 0.05) is 24.2 Å². The molecule has 0 unspecified atom stereocenters. The third kappa shape index (κ3) is 7.62. The molecule has 0 heterocycles. The van der Waals surface area contributed by atoms with E-state index in [1.165, 1.54) is 0 Å². The van der Waals surface area contributed by atoms with Gasteiger partial charge < -0.3 is 24.6 Å². The van der Waals surface area contributed by atoms with Gasteiger partial charge in [0.1, 0.15) is 18.1 Å². The number of hydrogen-bond acceptors (Lipinski definition) is 7. The van der Waals surface area contributed by atoms with Crippen molar-refractivity contribution in [3.8, 4) is 11.5 Å². The van der Waals surface area contributed by atoms with E-state index >= 15 is 0 Å². The van der Waals surface area contributed by atoms with E-state index in [0.717, 1.165) is 11.1 Å². The minimum absolute atomic E-state index is 0.152. The van der Waals surface area contributed by atoms with E-state index in [2.05, 4.69) is 5.32 Å². The van der Waals surface area contributed by atoms with Crippen LogP contribution in [-0.2, 0) is 27.8 Å². The first-order chi connectivity index (χ1) is 18.7. The third-order valence-corrected chi connectivity index (χ3v) is 8.89. The molecule has 1 radical (unpaired) electrons. The highest BCUT2D eigenvalue weighted by Crippen LogP contribution is 2.36. The molecule has 1 aliphatic carbocycles. The number of carbonyl (C=O) groups excluding carboxylic acids is 1. The molecule has 0 bridgehead atoms. The molecule has 0 saturated heterocycles. The number of hydrogen-bond donors (Lipinski definition) is 2. The molecule has 10 heteroatoms. The van der Waals surface area contributed by atoms with Gasteiger partial charge in [-0.25, -0.2) is 8.42 Å². The first-order valence-electron chi connectivity index (χ1n) is 12.9. The molecule has 39 heavy (non-hydrogen) atoms. The van der Waals surface area contributed by atoms with Gasteiger partial charge in [-0.1, -0.05) is 37.3 Å². The largest absolute Gasteiger partial charge is 0.569 e. The highest BCUT2D eigenvalue weighted by Gasteiger charge is 2.38. The van der Waals surface area contributed by atoms with Gasteiger partial charge in [-0.05, 0) is 80.4 Å². The fourth-order valence-corrected chi connectivity index (χ4v) is 6.33. The Morgan fingerprint density at radius 1 is 1.10 bits per heavy atom. The molecule has 8 nitrogen and oxygen atoms in total. The normalized spacial score (nSPS) is 14.1. The van der Waals surface area contributed by atoms with E-state index in [1.807, 2.05) is 56.3 Å². The summed E-state index contributed by atoms with van der Waals surface area (Å²) < 4.78 is 37.1. The molecule has 1 aliphatic rings. The lowest BCUT2D eigenvalue weighted by Gasteiger charge is -2.19. The van der Waals surface area contributed by atoms with Crippen LogP contribution in [0.1, 0.15) is 48.8 Å². The lowest BCUT2D eigenvalue weighted by Crippen LogP contribution is -2.18. The topological polar surface area (TPSA) is 105 Å². The lowest BCUT2D eigenvalue weighted by molar-refractivity contribution is -0.116. The van der Waals surface area contributed by atoms with Gasteiger partial charge in [-0.15, -0.1) is 0 Å². The van der Waals surface area contributed by atoms with Crippen molar-refractivity contribution in [2.45, 2.75) is 55.4 Å². The van der Waals surface area contributed by atoms with Crippen molar-refractivity contribution in [1.29, 1.82) is 0 Å². The molecule has 0 aliphatic heterocycles. The number of nitrogens with one attached hydrogen (secondary N) is 1. The van der Waals surface area contributed by atoms with Crippen molar-refractivity contribution in [3.05, 3.63) is 83.4 Å². The van der Waals surface area contributed by atoms with Crippen molar-refractivity contribution in [2.24, 2.45) is 0 Å². The predicted octanol–water partition coefficient (Wildman–Crippen LogP) is 4.30. The molecule has 1 amide bonds. The van der Waals surface area contributed by atoms with Crippen LogP contribution in [0.5, 0.6) is 11.5 Å². The summed E-state index contributed by atoms with van der Waals surface area (Å²) in [6.45, 7) is 2.72. The van der Waals surface area contributed by atoms with Gasteiger partial charge in [0.15, 0.2) is 9.84 Å². The lowest BCUT2D eigenvalue weighted by atomic mass is 9.96. The minimum Gasteiger partial charge on any atom is -0.537 e. The number of benzene rings is 3. The quantitative estimate of drug-likeness (QED) is 0.307. The second kappa shape index (κ2) is 12.7. The van der Waals surface area contributed by atoms with Crippen LogP contribution in [0.3, 0.4) is 0 Å². The van der Waals surface area contributed by atoms with Crippen LogP contribution in [0.4, 0.5) is 5.69 Å². The maximum atomic E-state index is 13.1. The van der Waals surface area contributed by atoms with Crippen molar-refractivity contribution in [3.63, 3.8) is 0 Å². The molecule has 2 N–H and O–H groups in total. The number of nitrogens with zero attached hydrogens (tertiary/aromatic N) is 1. The minimum atomic E-state index is -3.37. The van der Waals surface area contributed by atoms with Crippen molar-refractivity contribution in [2.75, 3.05) is 19.4 Å². The molecule has 0 aromatic heterocycles. The fourth-order valence-electron chi connectivity index (χ4n) is 4.47. The predicted molar refractivity (Wildman–Crippen MR) is 152 cm³/mol. The van der Waals surface area contributed by atoms with Crippen LogP contribution in [0.15, 0.2) is 71.6 Å². The van der Waals surface area contributed by atoms with Crippen LogP contribution < -0.4 is 14.7 Å². The summed E-state index contributed by atoms with van der Waals surface area (Å²) in [5.74, 6) is 0.582. The van der Waals surface area contributed by atoms with E-state index < -0.39 is 9.84 Å². The highest BCUT2D eigenvalue weighted by molar-refractivity contribution is 7.92.